The van der Waals surface area contributed by atoms with Gasteiger partial charge in [0, 0.05) is 6.04 Å². The molecule has 1 N–H and O–H groups in total. The monoisotopic (exact) mass is 197 g/mol. The molecule has 0 spiro atoms. The van der Waals surface area contributed by atoms with Crippen LogP contribution < -0.4 is 0 Å². The van der Waals surface area contributed by atoms with Crippen LogP contribution >= 0.6 is 0 Å². The number of nitrogens with zero attached hydrogens (tertiary/aromatic N) is 1. The van der Waals surface area contributed by atoms with E-state index in [1.54, 1.807) is 0 Å². The first-order valence-corrected chi connectivity index (χ1v) is 6.23. The summed E-state index contributed by atoms with van der Waals surface area (Å²) < 4.78 is 0. The van der Waals surface area contributed by atoms with Gasteiger partial charge in [-0.05, 0) is 51.1 Å². The zero-order valence-electron chi connectivity index (χ0n) is 9.28. The van der Waals surface area contributed by atoms with Crippen LogP contribution in [0.15, 0.2) is 0 Å². The van der Waals surface area contributed by atoms with Crippen molar-refractivity contribution in [2.24, 2.45) is 5.92 Å². The summed E-state index contributed by atoms with van der Waals surface area (Å²) in [6.45, 7) is 4.65. The smallest absolute Gasteiger partial charge is 0.0568 e. The van der Waals surface area contributed by atoms with Gasteiger partial charge in [0.05, 0.1) is 6.10 Å². The quantitative estimate of drug-likeness (QED) is 0.729. The maximum absolute atomic E-state index is 9.71. The Morgan fingerprint density at radius 2 is 2.00 bits per heavy atom. The highest BCUT2D eigenvalue weighted by atomic mass is 16.3. The van der Waals surface area contributed by atoms with E-state index in [4.69, 9.17) is 0 Å². The van der Waals surface area contributed by atoms with E-state index < -0.39 is 0 Å². The van der Waals surface area contributed by atoms with Crippen molar-refractivity contribution in [2.45, 2.75) is 57.6 Å². The van der Waals surface area contributed by atoms with Crippen molar-refractivity contribution in [3.63, 3.8) is 0 Å². The third kappa shape index (κ3) is 2.48. The molecule has 0 bridgehead atoms. The lowest BCUT2D eigenvalue weighted by Gasteiger charge is -2.23. The average Bonchev–Trinajstić information content (AvgIpc) is 2.93. The third-order valence-corrected chi connectivity index (χ3v) is 3.88. The van der Waals surface area contributed by atoms with Crippen LogP contribution in [0.5, 0.6) is 0 Å². The summed E-state index contributed by atoms with van der Waals surface area (Å²) >= 11 is 0. The summed E-state index contributed by atoms with van der Waals surface area (Å²) in [4.78, 5) is 2.59. The van der Waals surface area contributed by atoms with E-state index >= 15 is 0 Å². The molecule has 2 aliphatic rings. The highest BCUT2D eigenvalue weighted by Gasteiger charge is 2.30. The van der Waals surface area contributed by atoms with Crippen molar-refractivity contribution < 1.29 is 5.11 Å². The Labute approximate surface area is 87.3 Å². The van der Waals surface area contributed by atoms with Crippen LogP contribution in [0.4, 0.5) is 0 Å². The van der Waals surface area contributed by atoms with Gasteiger partial charge in [0.15, 0.2) is 0 Å². The zero-order chi connectivity index (χ0) is 9.97. The Balaban J connectivity index is 1.69. The van der Waals surface area contributed by atoms with Crippen LogP contribution in [0.2, 0.25) is 0 Å². The largest absolute Gasteiger partial charge is 0.393 e. The van der Waals surface area contributed by atoms with E-state index in [-0.39, 0.29) is 6.10 Å². The topological polar surface area (TPSA) is 23.5 Å². The van der Waals surface area contributed by atoms with Crippen LogP contribution in [0.25, 0.3) is 0 Å². The van der Waals surface area contributed by atoms with Crippen molar-refractivity contribution >= 4 is 0 Å². The highest BCUT2D eigenvalue weighted by Crippen LogP contribution is 2.31. The normalized spacial score (nSPS) is 32.8. The molecule has 0 aromatic carbocycles. The Kier molecular flexibility index (Phi) is 3.45. The summed E-state index contributed by atoms with van der Waals surface area (Å²) in [6.07, 6.45) is 7.56. The molecule has 2 saturated carbocycles. The number of hydrogen-bond acceptors (Lipinski definition) is 2. The molecule has 2 unspecified atom stereocenters. The molecule has 2 heteroatoms. The Morgan fingerprint density at radius 3 is 2.50 bits per heavy atom. The minimum atomic E-state index is 0.00732. The molecule has 0 aromatic rings. The molecule has 14 heavy (non-hydrogen) atoms. The fourth-order valence-corrected chi connectivity index (χ4v) is 2.72. The molecule has 82 valence electrons. The van der Waals surface area contributed by atoms with Gasteiger partial charge in [-0.25, -0.2) is 0 Å². The number of rotatable bonds is 5. The molecule has 2 aliphatic carbocycles. The van der Waals surface area contributed by atoms with Gasteiger partial charge in [-0.1, -0.05) is 13.3 Å². The van der Waals surface area contributed by atoms with E-state index in [9.17, 15) is 5.11 Å². The van der Waals surface area contributed by atoms with E-state index in [2.05, 4.69) is 11.8 Å². The second-order valence-corrected chi connectivity index (χ2v) is 4.91. The summed E-state index contributed by atoms with van der Waals surface area (Å²) in [7, 11) is 0. The standard InChI is InChI=1S/C12H23NO/c1-2-13(11-6-7-11)9-8-10-4-3-5-12(10)14/h10-12,14H,2-9H2,1H3. The molecule has 0 aromatic heterocycles. The van der Waals surface area contributed by atoms with Crippen molar-refractivity contribution in [1.82, 2.24) is 4.90 Å². The van der Waals surface area contributed by atoms with Crippen LogP contribution in [0.1, 0.15) is 45.4 Å². The van der Waals surface area contributed by atoms with Gasteiger partial charge >= 0.3 is 0 Å². The minimum absolute atomic E-state index is 0.00732. The van der Waals surface area contributed by atoms with Gasteiger partial charge in [0.1, 0.15) is 0 Å². The lowest BCUT2D eigenvalue weighted by Crippen LogP contribution is -2.29. The molecular weight excluding hydrogens is 174 g/mol. The van der Waals surface area contributed by atoms with Gasteiger partial charge < -0.3 is 10.0 Å². The molecule has 0 radical (unpaired) electrons. The second-order valence-electron chi connectivity index (χ2n) is 4.91. The second kappa shape index (κ2) is 4.63. The van der Waals surface area contributed by atoms with E-state index in [1.165, 1.54) is 45.2 Å². The lowest BCUT2D eigenvalue weighted by molar-refractivity contribution is 0.117. The van der Waals surface area contributed by atoms with Gasteiger partial charge in [-0.15, -0.1) is 0 Å². The molecule has 2 fully saturated rings. The van der Waals surface area contributed by atoms with E-state index in [0.717, 1.165) is 12.5 Å². The average molecular weight is 197 g/mol. The summed E-state index contributed by atoms with van der Waals surface area (Å²) in [5.41, 5.74) is 0. The predicted octanol–water partition coefficient (Wildman–Crippen LogP) is 2.02. The van der Waals surface area contributed by atoms with Crippen molar-refractivity contribution in [2.75, 3.05) is 13.1 Å². The predicted molar refractivity (Wildman–Crippen MR) is 58.2 cm³/mol. The summed E-state index contributed by atoms with van der Waals surface area (Å²) in [6, 6.07) is 0.888. The molecule has 0 saturated heterocycles. The molecular formula is C12H23NO. The first-order chi connectivity index (χ1) is 6.81. The van der Waals surface area contributed by atoms with Gasteiger partial charge in [-0.2, -0.15) is 0 Å². The molecule has 0 aliphatic heterocycles. The first-order valence-electron chi connectivity index (χ1n) is 6.23. The van der Waals surface area contributed by atoms with Crippen molar-refractivity contribution in [3.05, 3.63) is 0 Å². The molecule has 0 heterocycles. The maximum Gasteiger partial charge on any atom is 0.0568 e. The first kappa shape index (κ1) is 10.4. The molecule has 2 rings (SSSR count). The minimum Gasteiger partial charge on any atom is -0.393 e. The highest BCUT2D eigenvalue weighted by molar-refractivity contribution is 4.85. The van der Waals surface area contributed by atoms with Crippen molar-refractivity contribution in [1.29, 1.82) is 0 Å². The molecule has 2 atom stereocenters. The van der Waals surface area contributed by atoms with Gasteiger partial charge in [0.2, 0.25) is 0 Å². The molecule has 2 nitrogen and oxygen atoms in total. The maximum atomic E-state index is 9.71. The summed E-state index contributed by atoms with van der Waals surface area (Å²) in [5.74, 6) is 0.600. The Morgan fingerprint density at radius 1 is 1.21 bits per heavy atom. The number of hydrogen-bond donors (Lipinski definition) is 1. The van der Waals surface area contributed by atoms with Crippen LogP contribution in [0, 0.1) is 5.92 Å². The molecule has 0 amide bonds. The summed E-state index contributed by atoms with van der Waals surface area (Å²) in [5, 5.41) is 9.71. The van der Waals surface area contributed by atoms with E-state index in [0.29, 0.717) is 5.92 Å². The van der Waals surface area contributed by atoms with Gasteiger partial charge in [0.25, 0.3) is 0 Å². The fraction of sp³-hybridized carbons (Fsp3) is 1.00. The van der Waals surface area contributed by atoms with Crippen LogP contribution in [-0.4, -0.2) is 35.2 Å². The Hall–Kier alpha value is -0.0800. The lowest BCUT2D eigenvalue weighted by atomic mass is 10.0. The number of aliphatic hydroxyl groups excluding tert-OH is 1. The van der Waals surface area contributed by atoms with Crippen LogP contribution in [0.3, 0.4) is 0 Å². The van der Waals surface area contributed by atoms with Crippen molar-refractivity contribution in [3.8, 4) is 0 Å². The fourth-order valence-electron chi connectivity index (χ4n) is 2.72. The van der Waals surface area contributed by atoms with E-state index in [1.807, 2.05) is 0 Å². The van der Waals surface area contributed by atoms with Gasteiger partial charge in [-0.3, -0.25) is 0 Å². The third-order valence-electron chi connectivity index (χ3n) is 3.88. The SMILES string of the molecule is CCN(CCC1CCCC1O)C1CC1. The number of aliphatic hydroxyl groups is 1. The zero-order valence-corrected chi connectivity index (χ0v) is 9.28. The Bertz CT molecular complexity index is 177. The van der Waals surface area contributed by atoms with Crippen LogP contribution in [-0.2, 0) is 0 Å².